The van der Waals surface area contributed by atoms with E-state index >= 15 is 0 Å². The molecule has 0 saturated carbocycles. The largest absolute Gasteiger partial charge is 0.347 e. The van der Waals surface area contributed by atoms with Crippen LogP contribution in [0.5, 0.6) is 0 Å². The molecule has 0 bridgehead atoms. The Morgan fingerprint density at radius 1 is 0.701 bits per heavy atom. The number of benzene rings is 3. The van der Waals surface area contributed by atoms with Gasteiger partial charge in [0.1, 0.15) is 18.8 Å². The quantitative estimate of drug-likeness (QED) is 0.0388. The van der Waals surface area contributed by atoms with Gasteiger partial charge in [0.2, 0.25) is 41.4 Å². The maximum atomic E-state index is 13.7. The van der Waals surface area contributed by atoms with Gasteiger partial charge in [-0.15, -0.1) is 0 Å². The molecule has 3 aliphatic heterocycles. The van der Waals surface area contributed by atoms with E-state index in [0.717, 1.165) is 27.5 Å². The van der Waals surface area contributed by atoms with Crippen LogP contribution in [0.3, 0.4) is 0 Å². The number of urea groups is 1. The van der Waals surface area contributed by atoms with Gasteiger partial charge in [0.15, 0.2) is 0 Å². The van der Waals surface area contributed by atoms with Gasteiger partial charge in [-0.2, -0.15) is 11.8 Å². The molecule has 13 amide bonds. The number of carbonyl (C=O) groups excluding carboxylic acids is 12. The summed E-state index contributed by atoms with van der Waals surface area (Å²) in [5, 5.41) is 20.6. The zero-order valence-electron chi connectivity index (χ0n) is 42.2. The minimum atomic E-state index is -1.20. The van der Waals surface area contributed by atoms with Crippen molar-refractivity contribution in [2.45, 2.75) is 76.5 Å². The fourth-order valence-electron chi connectivity index (χ4n) is 8.39. The topological polar surface area (TPSA) is 311 Å². The predicted octanol–water partition coefficient (Wildman–Crippen LogP) is 0.792. The van der Waals surface area contributed by atoms with Crippen LogP contribution in [0.4, 0.5) is 10.5 Å². The minimum Gasteiger partial charge on any atom is -0.347 e. The smallest absolute Gasteiger partial charge is 0.319 e. The Bertz CT molecular complexity index is 2780. The van der Waals surface area contributed by atoms with E-state index in [2.05, 4.69) is 42.5 Å². The summed E-state index contributed by atoms with van der Waals surface area (Å²) >= 11 is 8.11. The van der Waals surface area contributed by atoms with Crippen molar-refractivity contribution >= 4 is 100 Å². The number of thioether (sulfide) groups is 1. The Labute approximate surface area is 452 Å². The molecule has 3 aliphatic rings. The molecule has 6 rings (SSSR count). The molecule has 8 N–H and O–H groups in total. The molecule has 1 fully saturated rings. The van der Waals surface area contributed by atoms with Gasteiger partial charge in [0.05, 0.1) is 26.2 Å². The van der Waals surface area contributed by atoms with Crippen LogP contribution in [-0.2, 0) is 73.9 Å². The number of aryl methyl sites for hydroxylation is 1. The number of nitrogens with zero attached hydrogens (tertiary/aromatic N) is 3. The number of likely N-dealkylation sites (tertiary alicyclic amines) is 1. The van der Waals surface area contributed by atoms with Crippen LogP contribution < -0.4 is 42.5 Å². The van der Waals surface area contributed by atoms with Crippen LogP contribution >= 0.6 is 23.4 Å². The summed E-state index contributed by atoms with van der Waals surface area (Å²) in [6, 6.07) is 16.4. The molecule has 23 nitrogen and oxygen atoms in total. The van der Waals surface area contributed by atoms with Gasteiger partial charge < -0.3 is 47.4 Å². The van der Waals surface area contributed by atoms with Crippen molar-refractivity contribution in [3.05, 3.63) is 112 Å². The second-order valence-electron chi connectivity index (χ2n) is 18.1. The van der Waals surface area contributed by atoms with Gasteiger partial charge in [-0.3, -0.25) is 62.5 Å². The third-order valence-electron chi connectivity index (χ3n) is 12.5. The molecule has 1 saturated heterocycles. The number of unbranched alkanes of at least 4 members (excludes halogenated alkanes) is 2. The minimum absolute atomic E-state index is 0.00784. The molecule has 25 heteroatoms. The highest BCUT2D eigenvalue weighted by molar-refractivity contribution is 7.98. The maximum absolute atomic E-state index is 13.7. The number of fused-ring (bicyclic) bond motifs is 1. The van der Waals surface area contributed by atoms with Crippen LogP contribution in [-0.4, -0.2) is 149 Å². The molecule has 3 aromatic rings. The second-order valence-corrected chi connectivity index (χ2v) is 19.5. The molecular weight excluding hydrogens is 1040 g/mol. The summed E-state index contributed by atoms with van der Waals surface area (Å²) in [5.41, 5.74) is 3.89. The summed E-state index contributed by atoms with van der Waals surface area (Å²) in [5.74, 6) is -5.64. The van der Waals surface area contributed by atoms with E-state index in [1.54, 1.807) is 72.4 Å². The number of piperidine rings is 1. The number of carbonyl (C=O) groups is 12. The van der Waals surface area contributed by atoms with E-state index in [1.165, 1.54) is 17.1 Å². The molecular formula is C52H60ClN11O12S. The van der Waals surface area contributed by atoms with E-state index in [1.807, 2.05) is 12.3 Å². The Balaban J connectivity index is 0.886. The summed E-state index contributed by atoms with van der Waals surface area (Å²) < 4.78 is 0. The number of anilines is 1. The van der Waals surface area contributed by atoms with Crippen molar-refractivity contribution in [2.24, 2.45) is 0 Å². The summed E-state index contributed by atoms with van der Waals surface area (Å²) in [6.45, 7) is -2.24. The second kappa shape index (κ2) is 28.7. The average molecular weight is 1100 g/mol. The molecule has 408 valence electrons. The van der Waals surface area contributed by atoms with Gasteiger partial charge in [-0.05, 0) is 78.1 Å². The molecule has 0 aromatic heterocycles. The number of hydrogen-bond acceptors (Lipinski definition) is 13. The van der Waals surface area contributed by atoms with Crippen LogP contribution in [0.25, 0.3) is 0 Å². The number of rotatable bonds is 27. The Morgan fingerprint density at radius 2 is 1.38 bits per heavy atom. The van der Waals surface area contributed by atoms with E-state index < -0.39 is 104 Å². The SMILES string of the molecule is CSCCc1ccc(NC(=O)NCc2ccc3c(c2)CN(C2CCC(=O)N(CNC(=O)CNC(=O)CNC(=O)[C@H](Cc4ccccc4)NC(=O)CNC(=O)CNC(=O)CCCCCN4C(=O)C=CC4=O)C2=O)C3=O)cc1Cl. The maximum Gasteiger partial charge on any atom is 0.319 e. The molecule has 77 heavy (non-hydrogen) atoms. The molecule has 0 radical (unpaired) electrons. The first-order valence-corrected chi connectivity index (χ1v) is 26.6. The van der Waals surface area contributed by atoms with Crippen molar-refractivity contribution in [1.82, 2.24) is 51.9 Å². The number of nitrogens with one attached hydrogen (secondary N) is 8. The molecule has 3 aromatic carbocycles. The molecule has 1 unspecified atom stereocenters. The lowest BCUT2D eigenvalue weighted by Gasteiger charge is -2.35. The predicted molar refractivity (Wildman–Crippen MR) is 282 cm³/mol. The van der Waals surface area contributed by atoms with Gasteiger partial charge >= 0.3 is 6.03 Å². The normalized spacial score (nSPS) is 15.2. The van der Waals surface area contributed by atoms with E-state index in [0.29, 0.717) is 52.2 Å². The number of halogens is 1. The molecule has 0 spiro atoms. The van der Waals surface area contributed by atoms with Crippen LogP contribution in [0, 0.1) is 0 Å². The van der Waals surface area contributed by atoms with Crippen molar-refractivity contribution in [1.29, 1.82) is 0 Å². The van der Waals surface area contributed by atoms with Crippen LogP contribution in [0.2, 0.25) is 5.02 Å². The Hall–Kier alpha value is -8.12. The first-order chi connectivity index (χ1) is 37.0. The highest BCUT2D eigenvalue weighted by atomic mass is 35.5. The lowest BCUT2D eigenvalue weighted by Crippen LogP contribution is -2.57. The fourth-order valence-corrected chi connectivity index (χ4v) is 9.09. The van der Waals surface area contributed by atoms with Crippen LogP contribution in [0.15, 0.2) is 78.9 Å². The first kappa shape index (κ1) is 58.1. The number of amides is 13. The molecule has 0 aliphatic carbocycles. The van der Waals surface area contributed by atoms with E-state index in [4.69, 9.17) is 11.6 Å². The third kappa shape index (κ3) is 17.5. The average Bonchev–Trinajstić information content (AvgIpc) is 3.94. The Kier molecular flexibility index (Phi) is 21.7. The highest BCUT2D eigenvalue weighted by Crippen LogP contribution is 2.30. The highest BCUT2D eigenvalue weighted by Gasteiger charge is 2.43. The van der Waals surface area contributed by atoms with Crippen LogP contribution in [0.1, 0.15) is 71.1 Å². The first-order valence-electron chi connectivity index (χ1n) is 24.8. The standard InChI is InChI=1S/C52H60ClN11O12S/c1-77-21-19-34-12-13-36(24-38(34)53)60-52(76)58-25-33-11-14-37-35(22-33)30-63(50(37)74)40-15-16-48(72)64(51(40)75)31-59-44(68)27-55-43(67)28-57-49(73)39(23-32-8-4-2-5-9-32)61-45(69)29-56-42(66)26-54-41(65)10-6-3-7-20-62-46(70)17-18-47(62)71/h2,4-5,8-9,11-14,17-18,22,24,39-40H,3,6-7,10,15-16,19-21,23,25-31H2,1H3,(H,54,65)(H,55,67)(H,56,66)(H,57,73)(H,59,68)(H,61,69)(H2,58,60,76)/t39-,40?/m0/s1. The lowest BCUT2D eigenvalue weighted by molar-refractivity contribution is -0.153. The lowest BCUT2D eigenvalue weighted by atomic mass is 10.0. The molecule has 2 atom stereocenters. The molecule has 3 heterocycles. The van der Waals surface area contributed by atoms with Crippen molar-refractivity contribution in [2.75, 3.05) is 56.7 Å². The van der Waals surface area contributed by atoms with E-state index in [9.17, 15) is 57.5 Å². The zero-order chi connectivity index (χ0) is 55.4. The van der Waals surface area contributed by atoms with Crippen molar-refractivity contribution < 1.29 is 57.5 Å². The number of hydrogen-bond donors (Lipinski definition) is 8. The fraction of sp³-hybridized carbons (Fsp3) is 0.385. The Morgan fingerprint density at radius 3 is 2.08 bits per heavy atom. The van der Waals surface area contributed by atoms with Gasteiger partial charge in [0, 0.05) is 67.3 Å². The monoisotopic (exact) mass is 1100 g/mol. The van der Waals surface area contributed by atoms with Gasteiger partial charge in [-0.25, -0.2) is 4.79 Å². The van der Waals surface area contributed by atoms with Crippen molar-refractivity contribution in [3.8, 4) is 0 Å². The summed E-state index contributed by atoms with van der Waals surface area (Å²) in [6.07, 6.45) is 6.83. The zero-order valence-corrected chi connectivity index (χ0v) is 43.8. The number of imide groups is 2. The summed E-state index contributed by atoms with van der Waals surface area (Å²) in [4.78, 5) is 156. The van der Waals surface area contributed by atoms with Gasteiger partial charge in [0.25, 0.3) is 23.6 Å². The van der Waals surface area contributed by atoms with E-state index in [-0.39, 0.29) is 57.1 Å². The van der Waals surface area contributed by atoms with Gasteiger partial charge in [-0.1, -0.05) is 66.6 Å². The summed E-state index contributed by atoms with van der Waals surface area (Å²) in [7, 11) is 0. The van der Waals surface area contributed by atoms with Crippen molar-refractivity contribution in [3.63, 3.8) is 0 Å². The third-order valence-corrected chi connectivity index (χ3v) is 13.5.